The molecule has 1 aromatic heterocycles. The summed E-state index contributed by atoms with van der Waals surface area (Å²) in [5.41, 5.74) is 0.859. The number of amides is 1. The van der Waals surface area contributed by atoms with Crippen molar-refractivity contribution in [1.29, 1.82) is 0 Å². The first-order valence-corrected chi connectivity index (χ1v) is 9.76. The van der Waals surface area contributed by atoms with Crippen molar-refractivity contribution in [1.82, 2.24) is 9.88 Å². The summed E-state index contributed by atoms with van der Waals surface area (Å²) >= 11 is 0. The smallest absolute Gasteiger partial charge is 0.410 e. The second-order valence-corrected chi connectivity index (χ2v) is 8.98. The maximum absolute atomic E-state index is 12.8. The van der Waals surface area contributed by atoms with Gasteiger partial charge in [0.15, 0.2) is 11.5 Å². The Morgan fingerprint density at radius 3 is 2.59 bits per heavy atom. The number of aryl methyl sites for hydroxylation is 1. The van der Waals surface area contributed by atoms with Crippen LogP contribution in [0.3, 0.4) is 0 Å². The molecule has 2 aliphatic rings. The van der Waals surface area contributed by atoms with Gasteiger partial charge in [-0.1, -0.05) is 6.07 Å². The van der Waals surface area contributed by atoms with Crippen molar-refractivity contribution in [2.45, 2.75) is 83.1 Å². The minimum atomic E-state index is -0.963. The number of rotatable bonds is 1. The first-order chi connectivity index (χ1) is 12.6. The predicted octanol–water partition coefficient (Wildman–Crippen LogP) is 4.28. The number of carbonyl (C=O) groups excluding carboxylic acids is 1. The quantitative estimate of drug-likeness (QED) is 0.809. The second kappa shape index (κ2) is 6.23. The summed E-state index contributed by atoms with van der Waals surface area (Å²) in [6, 6.07) is 5.70. The molecule has 2 saturated heterocycles. The van der Waals surface area contributed by atoms with Crippen LogP contribution in [0.1, 0.15) is 64.3 Å². The molecule has 6 heteroatoms. The number of oxazole rings is 1. The molecule has 6 nitrogen and oxygen atoms in total. The van der Waals surface area contributed by atoms with Crippen LogP contribution in [0.2, 0.25) is 0 Å². The van der Waals surface area contributed by atoms with E-state index in [0.29, 0.717) is 18.7 Å². The molecule has 1 N–H and O–H groups in total. The summed E-state index contributed by atoms with van der Waals surface area (Å²) < 4.78 is 11.2. The maximum Gasteiger partial charge on any atom is 0.410 e. The zero-order chi connectivity index (χ0) is 19.4. The van der Waals surface area contributed by atoms with Gasteiger partial charge in [-0.3, -0.25) is 0 Å². The van der Waals surface area contributed by atoms with Gasteiger partial charge in [0.25, 0.3) is 0 Å². The lowest BCUT2D eigenvalue weighted by Gasteiger charge is -2.51. The fourth-order valence-corrected chi connectivity index (χ4v) is 4.61. The lowest BCUT2D eigenvalue weighted by Crippen LogP contribution is -2.59. The van der Waals surface area contributed by atoms with E-state index in [9.17, 15) is 9.90 Å². The molecule has 146 valence electrons. The van der Waals surface area contributed by atoms with E-state index < -0.39 is 11.2 Å². The Balaban J connectivity index is 1.62. The second-order valence-electron chi connectivity index (χ2n) is 8.98. The lowest BCUT2D eigenvalue weighted by molar-refractivity contribution is -0.0964. The molecule has 2 unspecified atom stereocenters. The summed E-state index contributed by atoms with van der Waals surface area (Å²) in [7, 11) is 0. The van der Waals surface area contributed by atoms with Gasteiger partial charge in [-0.25, -0.2) is 9.78 Å². The van der Waals surface area contributed by atoms with Crippen LogP contribution in [0.15, 0.2) is 22.6 Å². The van der Waals surface area contributed by atoms with Gasteiger partial charge in [-0.05, 0) is 57.7 Å². The van der Waals surface area contributed by atoms with Gasteiger partial charge in [0, 0.05) is 31.8 Å². The van der Waals surface area contributed by atoms with Crippen molar-refractivity contribution >= 4 is 17.2 Å². The van der Waals surface area contributed by atoms with Crippen molar-refractivity contribution < 1.29 is 19.1 Å². The molecule has 2 bridgehead atoms. The molecule has 2 aromatic rings. The Labute approximate surface area is 159 Å². The van der Waals surface area contributed by atoms with E-state index in [0.717, 1.165) is 35.9 Å². The van der Waals surface area contributed by atoms with E-state index >= 15 is 0 Å². The van der Waals surface area contributed by atoms with Gasteiger partial charge >= 0.3 is 6.09 Å². The maximum atomic E-state index is 12.8. The van der Waals surface area contributed by atoms with Crippen LogP contribution in [0.25, 0.3) is 11.1 Å². The number of aliphatic hydroxyl groups is 1. The molecule has 2 aliphatic heterocycles. The predicted molar refractivity (Wildman–Crippen MR) is 101 cm³/mol. The Hall–Kier alpha value is -2.08. The number of benzene rings is 1. The molecule has 4 rings (SSSR count). The van der Waals surface area contributed by atoms with Crippen molar-refractivity contribution in [3.8, 4) is 0 Å². The number of fused-ring (bicyclic) bond motifs is 3. The van der Waals surface area contributed by atoms with Crippen LogP contribution >= 0.6 is 0 Å². The van der Waals surface area contributed by atoms with Gasteiger partial charge in [0.2, 0.25) is 0 Å². The molecule has 2 fully saturated rings. The standard InChI is InChI=1S/C21H28N2O4/c1-13-22-17-10-14(8-9-18(17)26-13)21(25)11-15-6-5-7-16(12-21)23(15)19(24)27-20(2,3)4/h8-10,15-16,25H,5-7,11-12H2,1-4H3. The normalized spacial score (nSPS) is 28.4. The van der Waals surface area contributed by atoms with E-state index in [1.54, 1.807) is 0 Å². The monoisotopic (exact) mass is 372 g/mol. The Bertz CT molecular complexity index is 853. The van der Waals surface area contributed by atoms with Gasteiger partial charge in [0.1, 0.15) is 11.1 Å². The number of hydrogen-bond acceptors (Lipinski definition) is 5. The van der Waals surface area contributed by atoms with E-state index in [1.807, 2.05) is 50.8 Å². The average molecular weight is 372 g/mol. The van der Waals surface area contributed by atoms with Gasteiger partial charge in [-0.15, -0.1) is 0 Å². The van der Waals surface area contributed by atoms with E-state index in [2.05, 4.69) is 4.98 Å². The SMILES string of the molecule is Cc1nc2cc(C3(O)CC4CCCC(C3)N4C(=O)OC(C)(C)C)ccc2o1. The molecule has 3 heterocycles. The lowest BCUT2D eigenvalue weighted by atomic mass is 9.72. The van der Waals surface area contributed by atoms with E-state index in [4.69, 9.17) is 9.15 Å². The van der Waals surface area contributed by atoms with Crippen LogP contribution in [0, 0.1) is 6.92 Å². The molecule has 0 aliphatic carbocycles. The van der Waals surface area contributed by atoms with Crippen LogP contribution < -0.4 is 0 Å². The Morgan fingerprint density at radius 2 is 1.96 bits per heavy atom. The fraction of sp³-hybridized carbons (Fsp3) is 0.619. The third-order valence-corrected chi connectivity index (χ3v) is 5.64. The third kappa shape index (κ3) is 3.43. The molecule has 0 radical (unpaired) electrons. The number of carbonyl (C=O) groups is 1. The van der Waals surface area contributed by atoms with Gasteiger partial charge in [0.05, 0.1) is 5.60 Å². The summed E-state index contributed by atoms with van der Waals surface area (Å²) in [6.45, 7) is 7.47. The van der Waals surface area contributed by atoms with Crippen LogP contribution in [0.4, 0.5) is 4.79 Å². The van der Waals surface area contributed by atoms with Crippen molar-refractivity contribution in [2.75, 3.05) is 0 Å². The highest BCUT2D eigenvalue weighted by Gasteiger charge is 2.49. The van der Waals surface area contributed by atoms with E-state index in [-0.39, 0.29) is 18.2 Å². The fourth-order valence-electron chi connectivity index (χ4n) is 4.61. The van der Waals surface area contributed by atoms with Crippen LogP contribution in [-0.4, -0.2) is 38.8 Å². The molecule has 1 amide bonds. The number of piperidine rings is 2. The molecule has 0 spiro atoms. The van der Waals surface area contributed by atoms with Crippen LogP contribution in [0.5, 0.6) is 0 Å². The molecule has 2 atom stereocenters. The summed E-state index contributed by atoms with van der Waals surface area (Å²) in [4.78, 5) is 19.0. The van der Waals surface area contributed by atoms with Crippen molar-refractivity contribution in [3.05, 3.63) is 29.7 Å². The first-order valence-electron chi connectivity index (χ1n) is 9.76. The third-order valence-electron chi connectivity index (χ3n) is 5.64. The number of nitrogens with zero attached hydrogens (tertiary/aromatic N) is 2. The zero-order valence-electron chi connectivity index (χ0n) is 16.5. The van der Waals surface area contributed by atoms with Gasteiger partial charge < -0.3 is 19.2 Å². The number of aromatic nitrogens is 1. The first kappa shape index (κ1) is 18.3. The highest BCUT2D eigenvalue weighted by Crippen LogP contribution is 2.45. The summed E-state index contributed by atoms with van der Waals surface area (Å²) in [5, 5.41) is 11.5. The summed E-state index contributed by atoms with van der Waals surface area (Å²) in [5.74, 6) is 0.616. The molecule has 1 aromatic carbocycles. The molecule has 27 heavy (non-hydrogen) atoms. The zero-order valence-corrected chi connectivity index (χ0v) is 16.5. The highest BCUT2D eigenvalue weighted by atomic mass is 16.6. The van der Waals surface area contributed by atoms with Crippen molar-refractivity contribution in [3.63, 3.8) is 0 Å². The van der Waals surface area contributed by atoms with Crippen LogP contribution in [-0.2, 0) is 10.3 Å². The van der Waals surface area contributed by atoms with E-state index in [1.165, 1.54) is 0 Å². The Morgan fingerprint density at radius 1 is 1.30 bits per heavy atom. The highest BCUT2D eigenvalue weighted by molar-refractivity contribution is 5.74. The topological polar surface area (TPSA) is 75.8 Å². The average Bonchev–Trinajstić information content (AvgIpc) is 2.91. The minimum absolute atomic E-state index is 0.00732. The molecular weight excluding hydrogens is 344 g/mol. The minimum Gasteiger partial charge on any atom is -0.444 e. The van der Waals surface area contributed by atoms with Gasteiger partial charge in [-0.2, -0.15) is 0 Å². The molecule has 0 saturated carbocycles. The summed E-state index contributed by atoms with van der Waals surface area (Å²) in [6.07, 6.45) is 3.64. The largest absolute Gasteiger partial charge is 0.444 e. The number of hydrogen-bond donors (Lipinski definition) is 1. The Kier molecular flexibility index (Phi) is 4.22. The van der Waals surface area contributed by atoms with Crippen molar-refractivity contribution in [2.24, 2.45) is 0 Å². The number of ether oxygens (including phenoxy) is 1. The molecular formula is C21H28N2O4.